The van der Waals surface area contributed by atoms with E-state index in [1.54, 1.807) is 0 Å². The van der Waals surface area contributed by atoms with Gasteiger partial charge in [-0.3, -0.25) is 0 Å². The van der Waals surface area contributed by atoms with E-state index in [2.05, 4.69) is 41.5 Å². The Morgan fingerprint density at radius 3 is 1.83 bits per heavy atom. The molecule has 1 N–H and O–H groups in total. The van der Waals surface area contributed by atoms with Crippen molar-refractivity contribution in [3.63, 3.8) is 0 Å². The van der Waals surface area contributed by atoms with E-state index in [1.807, 2.05) is 41.3 Å². The van der Waals surface area contributed by atoms with Gasteiger partial charge in [-0.25, -0.2) is 4.79 Å². The SMILES string of the molecule is CN1CCN(C(=O)NC(c2ccccc2)c2ccccc2)CC1. The van der Waals surface area contributed by atoms with Crippen LogP contribution in [0.1, 0.15) is 17.2 Å². The Morgan fingerprint density at radius 1 is 0.870 bits per heavy atom. The predicted molar refractivity (Wildman–Crippen MR) is 92.3 cm³/mol. The molecule has 0 radical (unpaired) electrons. The molecule has 0 unspecified atom stereocenters. The first kappa shape index (κ1) is 15.6. The highest BCUT2D eigenvalue weighted by atomic mass is 16.2. The molecule has 4 nitrogen and oxygen atoms in total. The van der Waals surface area contributed by atoms with E-state index in [9.17, 15) is 4.79 Å². The molecule has 2 amide bonds. The first-order chi connectivity index (χ1) is 11.2. The monoisotopic (exact) mass is 309 g/mol. The third-order valence-electron chi connectivity index (χ3n) is 4.32. The first-order valence-corrected chi connectivity index (χ1v) is 8.08. The molecule has 0 bridgehead atoms. The van der Waals surface area contributed by atoms with Gasteiger partial charge in [0, 0.05) is 26.2 Å². The molecular weight excluding hydrogens is 286 g/mol. The molecule has 1 fully saturated rings. The number of likely N-dealkylation sites (N-methyl/N-ethyl adjacent to an activating group) is 1. The zero-order chi connectivity index (χ0) is 16.1. The summed E-state index contributed by atoms with van der Waals surface area (Å²) in [6.07, 6.45) is 0. The average Bonchev–Trinajstić information content (AvgIpc) is 2.61. The van der Waals surface area contributed by atoms with Crippen molar-refractivity contribution >= 4 is 6.03 Å². The number of urea groups is 1. The van der Waals surface area contributed by atoms with Crippen LogP contribution >= 0.6 is 0 Å². The summed E-state index contributed by atoms with van der Waals surface area (Å²) in [6.45, 7) is 3.40. The summed E-state index contributed by atoms with van der Waals surface area (Å²) >= 11 is 0. The van der Waals surface area contributed by atoms with Gasteiger partial charge in [-0.1, -0.05) is 60.7 Å². The second kappa shape index (κ2) is 7.29. The van der Waals surface area contributed by atoms with E-state index < -0.39 is 0 Å². The molecule has 0 aromatic heterocycles. The third-order valence-corrected chi connectivity index (χ3v) is 4.32. The Labute approximate surface area is 137 Å². The van der Waals surface area contributed by atoms with E-state index >= 15 is 0 Å². The lowest BCUT2D eigenvalue weighted by atomic mass is 9.99. The van der Waals surface area contributed by atoms with Gasteiger partial charge in [-0.2, -0.15) is 0 Å². The van der Waals surface area contributed by atoms with Gasteiger partial charge >= 0.3 is 6.03 Å². The van der Waals surface area contributed by atoms with Crippen molar-refractivity contribution in [3.05, 3.63) is 71.8 Å². The highest BCUT2D eigenvalue weighted by Gasteiger charge is 2.23. The molecule has 1 aliphatic rings. The van der Waals surface area contributed by atoms with E-state index in [1.165, 1.54) is 0 Å². The van der Waals surface area contributed by atoms with E-state index in [4.69, 9.17) is 0 Å². The normalized spacial score (nSPS) is 15.7. The van der Waals surface area contributed by atoms with Crippen molar-refractivity contribution in [1.82, 2.24) is 15.1 Å². The third kappa shape index (κ3) is 3.90. The topological polar surface area (TPSA) is 35.6 Å². The standard InChI is InChI=1S/C19H23N3O/c1-21-12-14-22(15-13-21)19(23)20-18(16-8-4-2-5-9-16)17-10-6-3-7-11-17/h2-11,18H,12-15H2,1H3,(H,20,23). The molecule has 2 aromatic rings. The number of amides is 2. The van der Waals surface area contributed by atoms with E-state index in [0.717, 1.165) is 37.3 Å². The number of nitrogens with one attached hydrogen (secondary N) is 1. The lowest BCUT2D eigenvalue weighted by Gasteiger charge is -2.33. The van der Waals surface area contributed by atoms with Crippen molar-refractivity contribution in [2.75, 3.05) is 33.2 Å². The maximum Gasteiger partial charge on any atom is 0.318 e. The van der Waals surface area contributed by atoms with Gasteiger partial charge in [0.05, 0.1) is 6.04 Å². The number of nitrogens with zero attached hydrogens (tertiary/aromatic N) is 2. The Bertz CT molecular complexity index is 582. The second-order valence-electron chi connectivity index (χ2n) is 5.99. The van der Waals surface area contributed by atoms with Crippen LogP contribution in [0, 0.1) is 0 Å². The van der Waals surface area contributed by atoms with Crippen LogP contribution in [0.4, 0.5) is 4.79 Å². The fraction of sp³-hybridized carbons (Fsp3) is 0.316. The van der Waals surface area contributed by atoms with Gasteiger partial charge in [0.25, 0.3) is 0 Å². The molecule has 23 heavy (non-hydrogen) atoms. The van der Waals surface area contributed by atoms with E-state index in [-0.39, 0.29) is 12.1 Å². The predicted octanol–water partition coefficient (Wildman–Crippen LogP) is 2.73. The lowest BCUT2D eigenvalue weighted by molar-refractivity contribution is 0.153. The number of hydrogen-bond donors (Lipinski definition) is 1. The molecule has 4 heteroatoms. The highest BCUT2D eigenvalue weighted by Crippen LogP contribution is 2.22. The van der Waals surface area contributed by atoms with Crippen LogP contribution in [0.15, 0.2) is 60.7 Å². The van der Waals surface area contributed by atoms with Crippen LogP contribution in [0.2, 0.25) is 0 Å². The fourth-order valence-corrected chi connectivity index (χ4v) is 2.87. The fourth-order valence-electron chi connectivity index (χ4n) is 2.87. The van der Waals surface area contributed by atoms with Crippen molar-refractivity contribution in [1.29, 1.82) is 0 Å². The van der Waals surface area contributed by atoms with Crippen LogP contribution < -0.4 is 5.32 Å². The minimum Gasteiger partial charge on any atom is -0.327 e. The average molecular weight is 309 g/mol. The van der Waals surface area contributed by atoms with Crippen LogP contribution in [0.25, 0.3) is 0 Å². The number of carbonyl (C=O) groups excluding carboxylic acids is 1. The quantitative estimate of drug-likeness (QED) is 0.946. The van der Waals surface area contributed by atoms with Crippen LogP contribution in [0.5, 0.6) is 0 Å². The summed E-state index contributed by atoms with van der Waals surface area (Å²) in [5, 5.41) is 3.20. The summed E-state index contributed by atoms with van der Waals surface area (Å²) in [6, 6.07) is 20.1. The van der Waals surface area contributed by atoms with Gasteiger partial charge < -0.3 is 15.1 Å². The number of carbonyl (C=O) groups is 1. The number of rotatable bonds is 3. The van der Waals surface area contributed by atoms with Crippen molar-refractivity contribution in [2.45, 2.75) is 6.04 Å². The van der Waals surface area contributed by atoms with Crippen molar-refractivity contribution in [3.8, 4) is 0 Å². The Kier molecular flexibility index (Phi) is 4.93. The van der Waals surface area contributed by atoms with Gasteiger partial charge in [0.2, 0.25) is 0 Å². The number of piperazine rings is 1. The summed E-state index contributed by atoms with van der Waals surface area (Å²) in [7, 11) is 2.09. The van der Waals surface area contributed by atoms with Crippen LogP contribution in [-0.2, 0) is 0 Å². The van der Waals surface area contributed by atoms with Crippen LogP contribution in [0.3, 0.4) is 0 Å². The first-order valence-electron chi connectivity index (χ1n) is 8.08. The molecule has 0 spiro atoms. The molecule has 0 aliphatic carbocycles. The molecular formula is C19H23N3O. The molecule has 120 valence electrons. The zero-order valence-corrected chi connectivity index (χ0v) is 13.5. The summed E-state index contributed by atoms with van der Waals surface area (Å²) < 4.78 is 0. The number of hydrogen-bond acceptors (Lipinski definition) is 2. The zero-order valence-electron chi connectivity index (χ0n) is 13.5. The summed E-state index contributed by atoms with van der Waals surface area (Å²) in [5.41, 5.74) is 2.20. The summed E-state index contributed by atoms with van der Waals surface area (Å²) in [4.78, 5) is 16.8. The van der Waals surface area contributed by atoms with Crippen molar-refractivity contribution in [2.24, 2.45) is 0 Å². The van der Waals surface area contributed by atoms with Gasteiger partial charge in [0.1, 0.15) is 0 Å². The smallest absolute Gasteiger partial charge is 0.318 e. The molecule has 0 atom stereocenters. The van der Waals surface area contributed by atoms with Crippen molar-refractivity contribution < 1.29 is 4.79 Å². The molecule has 1 heterocycles. The number of benzene rings is 2. The maximum absolute atomic E-state index is 12.7. The second-order valence-corrected chi connectivity index (χ2v) is 5.99. The molecule has 1 saturated heterocycles. The maximum atomic E-state index is 12.7. The Morgan fingerprint density at radius 2 is 1.35 bits per heavy atom. The Balaban J connectivity index is 1.78. The minimum absolute atomic E-state index is 0.0100. The molecule has 0 saturated carbocycles. The van der Waals surface area contributed by atoms with Crippen LogP contribution in [-0.4, -0.2) is 49.1 Å². The van der Waals surface area contributed by atoms with Gasteiger partial charge in [-0.05, 0) is 18.2 Å². The highest BCUT2D eigenvalue weighted by molar-refractivity contribution is 5.75. The van der Waals surface area contributed by atoms with E-state index in [0.29, 0.717) is 0 Å². The van der Waals surface area contributed by atoms with Gasteiger partial charge in [-0.15, -0.1) is 0 Å². The Hall–Kier alpha value is -2.33. The summed E-state index contributed by atoms with van der Waals surface area (Å²) in [5.74, 6) is 0. The lowest BCUT2D eigenvalue weighted by Crippen LogP contribution is -2.51. The minimum atomic E-state index is -0.121. The largest absolute Gasteiger partial charge is 0.327 e. The molecule has 1 aliphatic heterocycles. The molecule has 3 rings (SSSR count). The van der Waals surface area contributed by atoms with Gasteiger partial charge in [0.15, 0.2) is 0 Å². The molecule has 2 aromatic carbocycles.